The third-order valence-corrected chi connectivity index (χ3v) is 2.71. The lowest BCUT2D eigenvalue weighted by Gasteiger charge is -2.25. The molecule has 0 saturated carbocycles. The minimum absolute atomic E-state index is 0.0348. The lowest BCUT2D eigenvalue weighted by Crippen LogP contribution is -2.41. The van der Waals surface area contributed by atoms with Gasteiger partial charge in [0.05, 0.1) is 0 Å². The number of ether oxygens (including phenoxy) is 1. The van der Waals surface area contributed by atoms with Crippen LogP contribution in [0.2, 0.25) is 0 Å². The molecule has 7 heteroatoms. The van der Waals surface area contributed by atoms with Crippen molar-refractivity contribution in [2.75, 3.05) is 4.90 Å². The third kappa shape index (κ3) is 4.56. The van der Waals surface area contributed by atoms with Crippen LogP contribution in [0.25, 0.3) is 5.57 Å². The first-order valence-corrected chi connectivity index (χ1v) is 6.89. The fourth-order valence-corrected chi connectivity index (χ4v) is 1.82. The Balaban J connectivity index is 3.33. The molecule has 1 aromatic rings. The fraction of sp³-hybridized carbons (Fsp3) is 0.357. The van der Waals surface area contributed by atoms with Crippen molar-refractivity contribution in [3.8, 4) is 0 Å². The highest BCUT2D eigenvalue weighted by atomic mass is 79.9. The van der Waals surface area contributed by atoms with E-state index in [2.05, 4.69) is 27.5 Å². The van der Waals surface area contributed by atoms with Crippen LogP contribution in [0.4, 0.5) is 15.4 Å². The van der Waals surface area contributed by atoms with E-state index in [4.69, 9.17) is 4.74 Å². The summed E-state index contributed by atoms with van der Waals surface area (Å²) in [7, 11) is 0. The van der Waals surface area contributed by atoms with Crippen LogP contribution in [0.1, 0.15) is 33.3 Å². The molecular weight excluding hydrogens is 340 g/mol. The second kappa shape index (κ2) is 6.26. The van der Waals surface area contributed by atoms with Crippen LogP contribution < -0.4 is 4.90 Å². The fourth-order valence-electron chi connectivity index (χ4n) is 1.49. The van der Waals surface area contributed by atoms with Crippen molar-refractivity contribution >= 4 is 39.5 Å². The largest absolute Gasteiger partial charge is 0.464 e. The van der Waals surface area contributed by atoms with Crippen molar-refractivity contribution in [1.29, 1.82) is 0 Å². The van der Waals surface area contributed by atoms with Gasteiger partial charge in [0.25, 0.3) is 0 Å². The van der Waals surface area contributed by atoms with Crippen molar-refractivity contribution < 1.29 is 19.4 Å². The smallest absolute Gasteiger partial charge is 0.425 e. The van der Waals surface area contributed by atoms with Crippen LogP contribution in [0.15, 0.2) is 23.3 Å². The van der Waals surface area contributed by atoms with Gasteiger partial charge >= 0.3 is 12.2 Å². The lowest BCUT2D eigenvalue weighted by atomic mass is 10.1. The van der Waals surface area contributed by atoms with Gasteiger partial charge in [0, 0.05) is 16.2 Å². The number of hydrogen-bond donors (Lipinski definition) is 1. The number of anilines is 1. The second-order valence-electron chi connectivity index (χ2n) is 5.40. The van der Waals surface area contributed by atoms with E-state index in [0.717, 1.165) is 0 Å². The van der Waals surface area contributed by atoms with Crippen molar-refractivity contribution in [2.24, 2.45) is 0 Å². The minimum Gasteiger partial charge on any atom is -0.464 e. The number of amides is 2. The van der Waals surface area contributed by atoms with Crippen molar-refractivity contribution in [3.05, 3.63) is 28.9 Å². The SMILES string of the molecule is C=C(C)c1cc(Br)cnc1N(C(=O)O)C(=O)OC(C)(C)C. The number of imide groups is 1. The number of nitrogens with zero attached hydrogens (tertiary/aromatic N) is 2. The summed E-state index contributed by atoms with van der Waals surface area (Å²) in [4.78, 5) is 28.0. The van der Waals surface area contributed by atoms with E-state index in [1.807, 2.05) is 0 Å². The van der Waals surface area contributed by atoms with E-state index in [-0.39, 0.29) is 5.82 Å². The van der Waals surface area contributed by atoms with E-state index in [0.29, 0.717) is 20.5 Å². The maximum Gasteiger partial charge on any atom is 0.425 e. The van der Waals surface area contributed by atoms with E-state index < -0.39 is 17.8 Å². The standard InChI is InChI=1S/C14H17BrN2O4/c1-8(2)10-6-9(15)7-16-11(10)17(12(18)19)13(20)21-14(3,4)5/h6-7H,1H2,2-5H3,(H,18,19). The molecule has 1 aromatic heterocycles. The van der Waals surface area contributed by atoms with Gasteiger partial charge in [-0.2, -0.15) is 4.90 Å². The van der Waals surface area contributed by atoms with Crippen LogP contribution in [0.3, 0.4) is 0 Å². The number of aromatic nitrogens is 1. The molecule has 114 valence electrons. The summed E-state index contributed by atoms with van der Waals surface area (Å²) in [5.74, 6) is -0.0348. The highest BCUT2D eigenvalue weighted by Crippen LogP contribution is 2.28. The molecule has 0 unspecified atom stereocenters. The molecule has 0 spiro atoms. The molecule has 0 aliphatic heterocycles. The maximum atomic E-state index is 12.1. The summed E-state index contributed by atoms with van der Waals surface area (Å²) in [6, 6.07) is 1.64. The van der Waals surface area contributed by atoms with Gasteiger partial charge in [0.2, 0.25) is 0 Å². The summed E-state index contributed by atoms with van der Waals surface area (Å²) >= 11 is 3.25. The van der Waals surface area contributed by atoms with Gasteiger partial charge < -0.3 is 9.84 Å². The molecule has 2 amide bonds. The minimum atomic E-state index is -1.47. The molecule has 1 N–H and O–H groups in total. The molecule has 0 aliphatic carbocycles. The summed E-state index contributed by atoms with van der Waals surface area (Å²) < 4.78 is 5.76. The normalized spacial score (nSPS) is 10.9. The lowest BCUT2D eigenvalue weighted by molar-refractivity contribution is 0.0581. The Kier molecular flexibility index (Phi) is 5.11. The molecule has 0 aromatic carbocycles. The predicted octanol–water partition coefficient (Wildman–Crippen LogP) is 4.30. The van der Waals surface area contributed by atoms with Crippen LogP contribution in [-0.2, 0) is 4.74 Å². The third-order valence-electron chi connectivity index (χ3n) is 2.27. The Morgan fingerprint density at radius 2 is 2.00 bits per heavy atom. The van der Waals surface area contributed by atoms with Gasteiger partial charge in [-0.25, -0.2) is 14.6 Å². The van der Waals surface area contributed by atoms with E-state index in [9.17, 15) is 14.7 Å². The average Bonchev–Trinajstić information content (AvgIpc) is 2.28. The van der Waals surface area contributed by atoms with E-state index >= 15 is 0 Å². The molecular formula is C14H17BrN2O4. The first-order valence-electron chi connectivity index (χ1n) is 6.10. The Morgan fingerprint density at radius 1 is 1.43 bits per heavy atom. The maximum absolute atomic E-state index is 12.1. The van der Waals surface area contributed by atoms with Gasteiger partial charge in [0.15, 0.2) is 5.82 Å². The first kappa shape index (κ1) is 17.2. The molecule has 0 radical (unpaired) electrons. The molecule has 0 fully saturated rings. The zero-order chi connectivity index (χ0) is 16.4. The Bertz CT molecular complexity index is 593. The molecule has 1 heterocycles. The second-order valence-corrected chi connectivity index (χ2v) is 6.32. The summed E-state index contributed by atoms with van der Waals surface area (Å²) in [5.41, 5.74) is 0.204. The topological polar surface area (TPSA) is 79.7 Å². The molecule has 21 heavy (non-hydrogen) atoms. The van der Waals surface area contributed by atoms with E-state index in [1.54, 1.807) is 33.8 Å². The number of allylic oxidation sites excluding steroid dienone is 1. The van der Waals surface area contributed by atoms with Crippen molar-refractivity contribution in [1.82, 2.24) is 4.98 Å². The number of rotatable bonds is 2. The molecule has 0 aliphatic rings. The number of carbonyl (C=O) groups is 2. The monoisotopic (exact) mass is 356 g/mol. The summed E-state index contributed by atoms with van der Waals surface area (Å²) in [6.07, 6.45) is -1.07. The van der Waals surface area contributed by atoms with Crippen LogP contribution >= 0.6 is 15.9 Å². The quantitative estimate of drug-likeness (QED) is 0.854. The summed E-state index contributed by atoms with van der Waals surface area (Å²) in [6.45, 7) is 10.4. The van der Waals surface area contributed by atoms with Gasteiger partial charge in [-0.15, -0.1) is 0 Å². The molecule has 0 saturated heterocycles. The number of halogens is 1. The number of carboxylic acid groups (broad SMARTS) is 1. The molecule has 0 atom stereocenters. The van der Waals surface area contributed by atoms with Crippen LogP contribution in [0, 0.1) is 0 Å². The number of carbonyl (C=O) groups excluding carboxylic acids is 1. The molecule has 0 bridgehead atoms. The molecule has 6 nitrogen and oxygen atoms in total. The van der Waals surface area contributed by atoms with Gasteiger partial charge in [-0.3, -0.25) is 0 Å². The highest BCUT2D eigenvalue weighted by Gasteiger charge is 2.31. The Morgan fingerprint density at radius 3 is 2.43 bits per heavy atom. The Hall–Kier alpha value is -1.89. The first-order chi connectivity index (χ1) is 9.53. The van der Waals surface area contributed by atoms with Crippen molar-refractivity contribution in [2.45, 2.75) is 33.3 Å². The Labute approximate surface area is 131 Å². The van der Waals surface area contributed by atoms with Crippen molar-refractivity contribution in [3.63, 3.8) is 0 Å². The molecule has 1 rings (SSSR count). The van der Waals surface area contributed by atoms with E-state index in [1.165, 1.54) is 6.20 Å². The highest BCUT2D eigenvalue weighted by molar-refractivity contribution is 9.10. The number of hydrogen-bond acceptors (Lipinski definition) is 4. The van der Waals surface area contributed by atoms with Crippen LogP contribution in [-0.4, -0.2) is 27.9 Å². The van der Waals surface area contributed by atoms with Gasteiger partial charge in [0.1, 0.15) is 5.60 Å². The van der Waals surface area contributed by atoms with Crippen LogP contribution in [0.5, 0.6) is 0 Å². The number of pyridine rings is 1. The van der Waals surface area contributed by atoms with Gasteiger partial charge in [-0.1, -0.05) is 6.58 Å². The summed E-state index contributed by atoms with van der Waals surface area (Å²) in [5, 5.41) is 9.31. The zero-order valence-electron chi connectivity index (χ0n) is 12.3. The van der Waals surface area contributed by atoms with Gasteiger partial charge in [-0.05, 0) is 55.3 Å². The zero-order valence-corrected chi connectivity index (χ0v) is 13.9. The average molecular weight is 357 g/mol. The predicted molar refractivity (Wildman–Crippen MR) is 83.4 cm³/mol.